The molecule has 21 heavy (non-hydrogen) atoms. The van der Waals surface area contributed by atoms with Gasteiger partial charge in [-0.2, -0.15) is 0 Å². The van der Waals surface area contributed by atoms with Gasteiger partial charge in [0.15, 0.2) is 21.4 Å². The van der Waals surface area contributed by atoms with Gasteiger partial charge in [0.25, 0.3) is 0 Å². The zero-order valence-corrected chi connectivity index (χ0v) is 12.2. The van der Waals surface area contributed by atoms with E-state index in [-0.39, 0.29) is 17.5 Å². The second-order valence-electron chi connectivity index (χ2n) is 4.93. The number of aromatic nitrogens is 4. The summed E-state index contributed by atoms with van der Waals surface area (Å²) in [7, 11) is -1.50. The molecule has 0 aliphatic carbocycles. The van der Waals surface area contributed by atoms with Crippen LogP contribution in [0.5, 0.6) is 5.75 Å². The van der Waals surface area contributed by atoms with Crippen LogP contribution in [0.25, 0.3) is 11.4 Å². The van der Waals surface area contributed by atoms with Gasteiger partial charge in [-0.3, -0.25) is 0 Å². The number of nitrogen functional groups attached to an aromatic ring is 1. The van der Waals surface area contributed by atoms with Gasteiger partial charge in [0.1, 0.15) is 0 Å². The van der Waals surface area contributed by atoms with E-state index in [4.69, 9.17) is 10.5 Å². The Labute approximate surface area is 121 Å². The number of rotatable bonds is 3. The maximum Gasteiger partial charge on any atom is 0.186 e. The molecule has 0 radical (unpaired) electrons. The van der Waals surface area contributed by atoms with E-state index < -0.39 is 9.84 Å². The van der Waals surface area contributed by atoms with Gasteiger partial charge in [0.2, 0.25) is 0 Å². The van der Waals surface area contributed by atoms with Gasteiger partial charge in [0.05, 0.1) is 35.9 Å². The summed E-state index contributed by atoms with van der Waals surface area (Å²) in [4.78, 5) is 0. The molecule has 0 saturated carbocycles. The van der Waals surface area contributed by atoms with Crippen molar-refractivity contribution in [2.45, 2.75) is 12.5 Å². The van der Waals surface area contributed by atoms with Gasteiger partial charge in [-0.25, -0.2) is 13.1 Å². The Morgan fingerprint density at radius 2 is 2.24 bits per heavy atom. The molecule has 1 saturated heterocycles. The average molecular weight is 309 g/mol. The van der Waals surface area contributed by atoms with Crippen molar-refractivity contribution in [1.29, 1.82) is 0 Å². The first kappa shape index (κ1) is 13.8. The van der Waals surface area contributed by atoms with Crippen molar-refractivity contribution in [3.8, 4) is 17.1 Å². The van der Waals surface area contributed by atoms with Gasteiger partial charge in [0, 0.05) is 0 Å². The number of sulfone groups is 1. The normalized spacial score (nSPS) is 20.5. The van der Waals surface area contributed by atoms with E-state index in [1.165, 1.54) is 7.11 Å². The monoisotopic (exact) mass is 309 g/mol. The molecule has 0 amide bonds. The number of nitrogens with zero attached hydrogens (tertiary/aromatic N) is 4. The summed E-state index contributed by atoms with van der Waals surface area (Å²) in [6.07, 6.45) is 0.505. The Morgan fingerprint density at radius 1 is 1.43 bits per heavy atom. The summed E-state index contributed by atoms with van der Waals surface area (Å²) in [6, 6.07) is 5.03. The highest BCUT2D eigenvalue weighted by Crippen LogP contribution is 2.35. The van der Waals surface area contributed by atoms with E-state index >= 15 is 0 Å². The maximum absolute atomic E-state index is 11.6. The van der Waals surface area contributed by atoms with Crippen LogP contribution in [0, 0.1) is 0 Å². The number of hydrogen-bond acceptors (Lipinski definition) is 7. The zero-order valence-electron chi connectivity index (χ0n) is 11.4. The maximum atomic E-state index is 11.6. The molecule has 1 atom stereocenters. The number of anilines is 1. The molecule has 3 rings (SSSR count). The van der Waals surface area contributed by atoms with Crippen molar-refractivity contribution in [1.82, 2.24) is 20.2 Å². The van der Waals surface area contributed by atoms with E-state index in [0.717, 1.165) is 0 Å². The Hall–Kier alpha value is -2.16. The number of benzene rings is 1. The molecule has 0 spiro atoms. The van der Waals surface area contributed by atoms with Crippen LogP contribution in [-0.4, -0.2) is 47.2 Å². The highest BCUT2D eigenvalue weighted by molar-refractivity contribution is 7.91. The molecular weight excluding hydrogens is 294 g/mol. The predicted octanol–water partition coefficient (Wildman–Crippen LogP) is 0.290. The molecule has 8 nitrogen and oxygen atoms in total. The van der Waals surface area contributed by atoms with Gasteiger partial charge < -0.3 is 10.5 Å². The molecule has 2 aromatic rings. The van der Waals surface area contributed by atoms with Gasteiger partial charge in [-0.1, -0.05) is 6.07 Å². The quantitative estimate of drug-likeness (QED) is 0.811. The first-order valence-corrected chi connectivity index (χ1v) is 8.25. The standard InChI is InChI=1S/C12H15N5O3S/c1-20-11-9(3-2-4-10(11)13)12-14-15-16-17(12)8-5-6-21(18,19)7-8/h2-4,8H,5-7,13H2,1H3. The topological polar surface area (TPSA) is 113 Å². The fourth-order valence-corrected chi connectivity index (χ4v) is 4.24. The van der Waals surface area contributed by atoms with E-state index in [0.29, 0.717) is 29.2 Å². The summed E-state index contributed by atoms with van der Waals surface area (Å²) in [5, 5.41) is 11.6. The molecule has 1 aliphatic rings. The molecule has 1 aromatic carbocycles. The Balaban J connectivity index is 2.06. The van der Waals surface area contributed by atoms with E-state index in [1.54, 1.807) is 22.9 Å². The molecule has 1 aliphatic heterocycles. The van der Waals surface area contributed by atoms with Crippen LogP contribution >= 0.6 is 0 Å². The lowest BCUT2D eigenvalue weighted by molar-refractivity contribution is 0.417. The largest absolute Gasteiger partial charge is 0.494 e. The summed E-state index contributed by atoms with van der Waals surface area (Å²) < 4.78 is 30.1. The zero-order chi connectivity index (χ0) is 15.0. The summed E-state index contributed by atoms with van der Waals surface area (Å²) >= 11 is 0. The molecule has 1 aromatic heterocycles. The molecule has 9 heteroatoms. The van der Waals surface area contributed by atoms with Gasteiger partial charge >= 0.3 is 0 Å². The smallest absolute Gasteiger partial charge is 0.186 e. The second kappa shape index (κ2) is 4.99. The highest BCUT2D eigenvalue weighted by atomic mass is 32.2. The van der Waals surface area contributed by atoms with Crippen molar-refractivity contribution in [3.63, 3.8) is 0 Å². The number of ether oxygens (including phenoxy) is 1. The fraction of sp³-hybridized carbons (Fsp3) is 0.417. The van der Waals surface area contributed by atoms with Crippen molar-refractivity contribution < 1.29 is 13.2 Å². The van der Waals surface area contributed by atoms with Crippen LogP contribution in [0.2, 0.25) is 0 Å². The molecule has 1 unspecified atom stereocenters. The first-order valence-electron chi connectivity index (χ1n) is 6.43. The number of methoxy groups -OCH3 is 1. The van der Waals surface area contributed by atoms with Crippen molar-refractivity contribution in [2.24, 2.45) is 0 Å². The van der Waals surface area contributed by atoms with Crippen LogP contribution in [0.15, 0.2) is 18.2 Å². The summed E-state index contributed by atoms with van der Waals surface area (Å²) in [5.74, 6) is 1.15. The third-order valence-electron chi connectivity index (χ3n) is 3.54. The molecule has 2 N–H and O–H groups in total. The van der Waals surface area contributed by atoms with Crippen molar-refractivity contribution in [2.75, 3.05) is 24.3 Å². The van der Waals surface area contributed by atoms with Crippen molar-refractivity contribution in [3.05, 3.63) is 18.2 Å². The summed E-state index contributed by atoms with van der Waals surface area (Å²) in [5.41, 5.74) is 7.01. The minimum absolute atomic E-state index is 0.0513. The third kappa shape index (κ3) is 2.44. The number of hydrogen-bond donors (Lipinski definition) is 1. The van der Waals surface area contributed by atoms with E-state index in [1.807, 2.05) is 0 Å². The number of nitrogens with two attached hydrogens (primary N) is 1. The van der Waals surface area contributed by atoms with Crippen LogP contribution in [0.3, 0.4) is 0 Å². The van der Waals surface area contributed by atoms with Crippen LogP contribution in [0.4, 0.5) is 5.69 Å². The first-order chi connectivity index (χ1) is 10.0. The SMILES string of the molecule is COc1c(N)cccc1-c1nnnn1C1CCS(=O)(=O)C1. The van der Waals surface area contributed by atoms with Crippen LogP contribution in [0.1, 0.15) is 12.5 Å². The Morgan fingerprint density at radius 3 is 2.90 bits per heavy atom. The summed E-state index contributed by atoms with van der Waals surface area (Å²) in [6.45, 7) is 0. The second-order valence-corrected chi connectivity index (χ2v) is 7.16. The minimum atomic E-state index is -3.02. The lowest BCUT2D eigenvalue weighted by atomic mass is 10.1. The number of tetrazole rings is 1. The minimum Gasteiger partial charge on any atom is -0.494 e. The molecule has 112 valence electrons. The average Bonchev–Trinajstić information content (AvgIpc) is 3.04. The molecular formula is C12H15N5O3S. The van der Waals surface area contributed by atoms with Crippen molar-refractivity contribution >= 4 is 15.5 Å². The highest BCUT2D eigenvalue weighted by Gasteiger charge is 2.32. The van der Waals surface area contributed by atoms with Gasteiger partial charge in [-0.15, -0.1) is 5.10 Å². The Kier molecular flexibility index (Phi) is 3.28. The lowest BCUT2D eigenvalue weighted by Crippen LogP contribution is -2.14. The lowest BCUT2D eigenvalue weighted by Gasteiger charge is -2.13. The van der Waals surface area contributed by atoms with Crippen LogP contribution < -0.4 is 10.5 Å². The predicted molar refractivity (Wildman–Crippen MR) is 76.5 cm³/mol. The molecule has 0 bridgehead atoms. The van der Waals surface area contributed by atoms with E-state index in [2.05, 4.69) is 15.5 Å². The van der Waals surface area contributed by atoms with Crippen LogP contribution in [-0.2, 0) is 9.84 Å². The molecule has 1 fully saturated rings. The number of para-hydroxylation sites is 1. The van der Waals surface area contributed by atoms with Gasteiger partial charge in [-0.05, 0) is 29.0 Å². The molecule has 2 heterocycles. The fourth-order valence-electron chi connectivity index (χ4n) is 2.54. The third-order valence-corrected chi connectivity index (χ3v) is 5.29. The Bertz CT molecular complexity index is 771. The van der Waals surface area contributed by atoms with E-state index in [9.17, 15) is 8.42 Å².